The van der Waals surface area contributed by atoms with Crippen LogP contribution in [0.25, 0.3) is 11.3 Å². The molecule has 4 aromatic rings. The van der Waals surface area contributed by atoms with Gasteiger partial charge in [-0.3, -0.25) is 9.47 Å². The Hall–Kier alpha value is -3.11. The third kappa shape index (κ3) is 4.39. The van der Waals surface area contributed by atoms with Gasteiger partial charge in [0.25, 0.3) is 0 Å². The first-order valence-electron chi connectivity index (χ1n) is 9.28. The summed E-state index contributed by atoms with van der Waals surface area (Å²) in [5, 5.41) is 14.5. The molecule has 0 aliphatic carbocycles. The lowest BCUT2D eigenvalue weighted by Gasteiger charge is -2.09. The van der Waals surface area contributed by atoms with Crippen LogP contribution < -0.4 is 10.1 Å². The molecule has 3 heterocycles. The molecule has 4 rings (SSSR count). The summed E-state index contributed by atoms with van der Waals surface area (Å²) in [5.41, 5.74) is 1.78. The second-order valence-electron chi connectivity index (χ2n) is 6.23. The van der Waals surface area contributed by atoms with E-state index in [0.29, 0.717) is 10.3 Å². The zero-order chi connectivity index (χ0) is 20.9. The summed E-state index contributed by atoms with van der Waals surface area (Å²) in [5.74, 6) is 1.69. The van der Waals surface area contributed by atoms with Crippen LogP contribution >= 0.6 is 23.1 Å². The number of hydrogen-bond acceptors (Lipinski definition) is 7. The van der Waals surface area contributed by atoms with Gasteiger partial charge in [-0.2, -0.15) is 0 Å². The number of benzene rings is 1. The van der Waals surface area contributed by atoms with Crippen molar-refractivity contribution in [2.75, 3.05) is 18.2 Å². The molecular weight excluding hydrogens is 420 g/mol. The van der Waals surface area contributed by atoms with Gasteiger partial charge in [-0.05, 0) is 36.4 Å². The van der Waals surface area contributed by atoms with Crippen molar-refractivity contribution in [2.45, 2.75) is 18.5 Å². The minimum absolute atomic E-state index is 0.143. The van der Waals surface area contributed by atoms with Gasteiger partial charge in [-0.15, -0.1) is 21.5 Å². The van der Waals surface area contributed by atoms with Crippen LogP contribution in [0.1, 0.15) is 12.7 Å². The van der Waals surface area contributed by atoms with Crippen LogP contribution in [0.3, 0.4) is 0 Å². The number of nitrogens with zero attached hydrogens (tertiary/aromatic N) is 5. The second-order valence-corrected chi connectivity index (χ2v) is 8.03. The minimum Gasteiger partial charge on any atom is -0.497 e. The molecule has 1 N–H and O–H groups in total. The van der Waals surface area contributed by atoms with E-state index in [9.17, 15) is 4.79 Å². The Balaban J connectivity index is 1.39. The number of nitrogens with one attached hydrogen (secondary N) is 1. The van der Waals surface area contributed by atoms with Gasteiger partial charge in [0.1, 0.15) is 5.75 Å². The predicted octanol–water partition coefficient (Wildman–Crippen LogP) is 3.82. The van der Waals surface area contributed by atoms with Crippen molar-refractivity contribution in [3.63, 3.8) is 0 Å². The van der Waals surface area contributed by atoms with Crippen molar-refractivity contribution in [1.29, 1.82) is 0 Å². The molecule has 1 amide bonds. The van der Waals surface area contributed by atoms with Gasteiger partial charge >= 0.3 is 0 Å². The molecule has 154 valence electrons. The third-order valence-electron chi connectivity index (χ3n) is 4.28. The second kappa shape index (κ2) is 9.14. The lowest BCUT2D eigenvalue weighted by molar-refractivity contribution is -0.113. The van der Waals surface area contributed by atoms with E-state index in [1.807, 2.05) is 70.4 Å². The van der Waals surface area contributed by atoms with E-state index in [0.717, 1.165) is 29.3 Å². The number of aryl methyl sites for hydroxylation is 1. The molecule has 8 nitrogen and oxygen atoms in total. The van der Waals surface area contributed by atoms with Crippen LogP contribution in [-0.2, 0) is 11.2 Å². The summed E-state index contributed by atoms with van der Waals surface area (Å²) in [6, 6.07) is 11.5. The summed E-state index contributed by atoms with van der Waals surface area (Å²) in [6.07, 6.45) is 4.58. The number of ether oxygens (including phenoxy) is 1. The van der Waals surface area contributed by atoms with Crippen LogP contribution in [0.15, 0.2) is 59.3 Å². The van der Waals surface area contributed by atoms with Gasteiger partial charge in [0, 0.05) is 29.8 Å². The zero-order valence-corrected chi connectivity index (χ0v) is 18.1. The van der Waals surface area contributed by atoms with Gasteiger partial charge in [0.15, 0.2) is 11.0 Å². The van der Waals surface area contributed by atoms with Crippen molar-refractivity contribution in [1.82, 2.24) is 24.5 Å². The number of carbonyl (C=O) groups is 1. The molecule has 0 unspecified atom stereocenters. The van der Waals surface area contributed by atoms with Gasteiger partial charge in [0.05, 0.1) is 18.6 Å². The van der Waals surface area contributed by atoms with Crippen molar-refractivity contribution in [3.05, 3.63) is 60.0 Å². The van der Waals surface area contributed by atoms with E-state index in [1.54, 1.807) is 7.11 Å². The van der Waals surface area contributed by atoms with Crippen LogP contribution in [0.2, 0.25) is 0 Å². The van der Waals surface area contributed by atoms with E-state index in [-0.39, 0.29) is 11.7 Å². The maximum Gasteiger partial charge on any atom is 0.236 e. The topological polar surface area (TPSA) is 86.9 Å². The highest BCUT2D eigenvalue weighted by Crippen LogP contribution is 2.27. The number of amides is 1. The van der Waals surface area contributed by atoms with E-state index in [2.05, 4.69) is 20.5 Å². The predicted molar refractivity (Wildman–Crippen MR) is 118 cm³/mol. The molecule has 0 saturated carbocycles. The van der Waals surface area contributed by atoms with Crippen LogP contribution in [0.4, 0.5) is 5.13 Å². The quantitative estimate of drug-likeness (QED) is 0.419. The van der Waals surface area contributed by atoms with E-state index < -0.39 is 0 Å². The van der Waals surface area contributed by atoms with Crippen molar-refractivity contribution in [2.24, 2.45) is 0 Å². The molecule has 0 fully saturated rings. The van der Waals surface area contributed by atoms with Crippen molar-refractivity contribution >= 4 is 34.1 Å². The number of rotatable bonds is 8. The Bertz CT molecular complexity index is 1120. The Labute approximate surface area is 181 Å². The zero-order valence-electron chi connectivity index (χ0n) is 16.5. The van der Waals surface area contributed by atoms with E-state index in [1.165, 1.54) is 23.1 Å². The largest absolute Gasteiger partial charge is 0.497 e. The number of anilines is 1. The number of thiazole rings is 1. The molecular formula is C20H20N6O2S2. The average Bonchev–Trinajstić information content (AvgIpc) is 3.52. The number of thioether (sulfide) groups is 1. The smallest absolute Gasteiger partial charge is 0.236 e. The molecule has 0 aliphatic rings. The molecule has 0 aliphatic heterocycles. The summed E-state index contributed by atoms with van der Waals surface area (Å²) < 4.78 is 8.99. The summed E-state index contributed by atoms with van der Waals surface area (Å²) in [4.78, 5) is 16.9. The first kappa shape index (κ1) is 20.2. The molecule has 0 spiro atoms. The van der Waals surface area contributed by atoms with Crippen molar-refractivity contribution in [3.8, 4) is 17.0 Å². The van der Waals surface area contributed by atoms with Crippen LogP contribution in [0, 0.1) is 0 Å². The fourth-order valence-electron chi connectivity index (χ4n) is 2.81. The molecule has 1 aromatic carbocycles. The first-order chi connectivity index (χ1) is 14.7. The molecule has 10 heteroatoms. The third-order valence-corrected chi connectivity index (χ3v) is 5.96. The summed E-state index contributed by atoms with van der Waals surface area (Å²) >= 11 is 2.73. The van der Waals surface area contributed by atoms with Crippen molar-refractivity contribution < 1.29 is 9.53 Å². The lowest BCUT2D eigenvalue weighted by atomic mass is 10.2. The standard InChI is InChI=1S/C20H20N6O2S2/c1-3-17-23-24-20(26(17)25-10-4-5-11-25)30-13-18(27)22-19-21-16(12-29-19)14-6-8-15(28-2)9-7-14/h4-12H,3,13H2,1-2H3,(H,21,22,27). The number of methoxy groups -OCH3 is 1. The average molecular weight is 441 g/mol. The summed E-state index contributed by atoms with van der Waals surface area (Å²) in [6.45, 7) is 2.02. The van der Waals surface area contributed by atoms with E-state index in [4.69, 9.17) is 4.74 Å². The highest BCUT2D eigenvalue weighted by molar-refractivity contribution is 7.99. The van der Waals surface area contributed by atoms with Gasteiger partial charge in [-0.1, -0.05) is 18.7 Å². The van der Waals surface area contributed by atoms with Crippen LogP contribution in [0.5, 0.6) is 5.75 Å². The first-order valence-corrected chi connectivity index (χ1v) is 11.1. The summed E-state index contributed by atoms with van der Waals surface area (Å²) in [7, 11) is 1.63. The molecule has 0 radical (unpaired) electrons. The highest BCUT2D eigenvalue weighted by atomic mass is 32.2. The molecule has 3 aromatic heterocycles. The molecule has 0 atom stereocenters. The SMILES string of the molecule is CCc1nnc(SCC(=O)Nc2nc(-c3ccc(OC)cc3)cs2)n1-n1cccc1. The van der Waals surface area contributed by atoms with Crippen LogP contribution in [-0.4, -0.2) is 43.3 Å². The fraction of sp³-hybridized carbons (Fsp3) is 0.200. The monoisotopic (exact) mass is 440 g/mol. The van der Waals surface area contributed by atoms with Gasteiger partial charge < -0.3 is 10.1 Å². The Morgan fingerprint density at radius 2 is 1.97 bits per heavy atom. The number of carbonyl (C=O) groups excluding carboxylic acids is 1. The number of hydrogen-bond donors (Lipinski definition) is 1. The normalized spacial score (nSPS) is 10.9. The number of aromatic nitrogens is 5. The maximum absolute atomic E-state index is 12.4. The van der Waals surface area contributed by atoms with Gasteiger partial charge in [-0.25, -0.2) is 9.66 Å². The molecule has 0 saturated heterocycles. The lowest BCUT2D eigenvalue weighted by Crippen LogP contribution is -2.16. The van der Waals surface area contributed by atoms with E-state index >= 15 is 0 Å². The highest BCUT2D eigenvalue weighted by Gasteiger charge is 2.15. The fourth-order valence-corrected chi connectivity index (χ4v) is 4.30. The van der Waals surface area contributed by atoms with Gasteiger partial charge in [0.2, 0.25) is 11.1 Å². The Morgan fingerprint density at radius 3 is 2.67 bits per heavy atom. The molecule has 30 heavy (non-hydrogen) atoms. The minimum atomic E-state index is -0.143. The Morgan fingerprint density at radius 1 is 1.20 bits per heavy atom. The Kier molecular flexibility index (Phi) is 6.15. The molecule has 0 bridgehead atoms. The maximum atomic E-state index is 12.4.